The molecule has 0 aliphatic carbocycles. The second-order valence-electron chi connectivity index (χ2n) is 8.02. The molecule has 6 nitrogen and oxygen atoms in total. The number of hydrogen-bond donors (Lipinski definition) is 1. The van der Waals surface area contributed by atoms with E-state index >= 15 is 0 Å². The van der Waals surface area contributed by atoms with Crippen LogP contribution >= 0.6 is 0 Å². The van der Waals surface area contributed by atoms with E-state index in [0.717, 1.165) is 16.7 Å². The summed E-state index contributed by atoms with van der Waals surface area (Å²) in [5.41, 5.74) is 5.45. The molecule has 1 aliphatic heterocycles. The van der Waals surface area contributed by atoms with Crippen LogP contribution in [0.4, 0.5) is 11.4 Å². The van der Waals surface area contributed by atoms with Crippen LogP contribution in [0.3, 0.4) is 0 Å². The van der Waals surface area contributed by atoms with Crippen LogP contribution in [-0.2, 0) is 9.59 Å². The highest BCUT2D eigenvalue weighted by atomic mass is 16.5. The molecule has 1 heterocycles. The van der Waals surface area contributed by atoms with Crippen molar-refractivity contribution in [3.05, 3.63) is 88.6 Å². The topological polar surface area (TPSA) is 67.9 Å². The van der Waals surface area contributed by atoms with Crippen LogP contribution in [0, 0.1) is 20.8 Å². The monoisotopic (exact) mass is 442 g/mol. The Morgan fingerprint density at radius 2 is 1.48 bits per heavy atom. The molecule has 2 amide bonds. The molecule has 6 heteroatoms. The minimum Gasteiger partial charge on any atom is -0.497 e. The number of ether oxygens (including phenoxy) is 2. The molecule has 0 unspecified atom stereocenters. The normalized spacial score (nSPS) is 13.5. The third-order valence-electron chi connectivity index (χ3n) is 5.82. The molecule has 1 N–H and O–H groups in total. The first-order valence-electron chi connectivity index (χ1n) is 10.6. The number of anilines is 2. The van der Waals surface area contributed by atoms with Gasteiger partial charge in [-0.25, -0.2) is 4.90 Å². The predicted molar refractivity (Wildman–Crippen MR) is 130 cm³/mol. The zero-order chi connectivity index (χ0) is 23.7. The van der Waals surface area contributed by atoms with Gasteiger partial charge in [0.15, 0.2) is 0 Å². The molecule has 0 bridgehead atoms. The van der Waals surface area contributed by atoms with Crippen LogP contribution in [0.25, 0.3) is 5.57 Å². The van der Waals surface area contributed by atoms with Gasteiger partial charge in [0.05, 0.1) is 31.2 Å². The number of imide groups is 1. The highest BCUT2D eigenvalue weighted by Crippen LogP contribution is 2.36. The van der Waals surface area contributed by atoms with Gasteiger partial charge >= 0.3 is 0 Å². The van der Waals surface area contributed by atoms with E-state index in [0.29, 0.717) is 34.0 Å². The van der Waals surface area contributed by atoms with E-state index in [1.54, 1.807) is 38.5 Å². The Bertz CT molecular complexity index is 1280. The van der Waals surface area contributed by atoms with Gasteiger partial charge in [0.1, 0.15) is 17.2 Å². The minimum absolute atomic E-state index is 0.211. The van der Waals surface area contributed by atoms with Crippen molar-refractivity contribution in [1.82, 2.24) is 0 Å². The summed E-state index contributed by atoms with van der Waals surface area (Å²) in [6, 6.07) is 18.2. The Labute approximate surface area is 193 Å². The molecule has 0 atom stereocenters. The minimum atomic E-state index is -0.429. The average Bonchev–Trinajstić information content (AvgIpc) is 3.05. The van der Waals surface area contributed by atoms with Crippen LogP contribution in [0.2, 0.25) is 0 Å². The number of benzene rings is 3. The Morgan fingerprint density at radius 1 is 0.758 bits per heavy atom. The molecule has 0 fully saturated rings. The summed E-state index contributed by atoms with van der Waals surface area (Å²) >= 11 is 0. The molecule has 3 aromatic rings. The lowest BCUT2D eigenvalue weighted by atomic mass is 9.99. The molecule has 0 saturated heterocycles. The lowest BCUT2D eigenvalue weighted by Crippen LogP contribution is -2.32. The van der Waals surface area contributed by atoms with Crippen LogP contribution in [-0.4, -0.2) is 26.0 Å². The maximum atomic E-state index is 13.6. The van der Waals surface area contributed by atoms with Gasteiger partial charge in [-0.1, -0.05) is 24.3 Å². The van der Waals surface area contributed by atoms with Crippen LogP contribution in [0.1, 0.15) is 22.3 Å². The van der Waals surface area contributed by atoms with Crippen molar-refractivity contribution in [2.45, 2.75) is 20.8 Å². The quantitative estimate of drug-likeness (QED) is 0.543. The molecule has 33 heavy (non-hydrogen) atoms. The largest absolute Gasteiger partial charge is 0.497 e. The van der Waals surface area contributed by atoms with Crippen molar-refractivity contribution in [2.75, 3.05) is 24.4 Å². The first-order valence-corrected chi connectivity index (χ1v) is 10.6. The molecule has 1 aliphatic rings. The molecule has 0 aromatic heterocycles. The Morgan fingerprint density at radius 3 is 2.12 bits per heavy atom. The van der Waals surface area contributed by atoms with Gasteiger partial charge < -0.3 is 14.8 Å². The first kappa shape index (κ1) is 22.1. The van der Waals surface area contributed by atoms with E-state index in [4.69, 9.17) is 9.47 Å². The van der Waals surface area contributed by atoms with Gasteiger partial charge in [0.2, 0.25) is 0 Å². The molecule has 3 aromatic carbocycles. The van der Waals surface area contributed by atoms with Crippen molar-refractivity contribution in [1.29, 1.82) is 0 Å². The van der Waals surface area contributed by atoms with Gasteiger partial charge in [0, 0.05) is 0 Å². The van der Waals surface area contributed by atoms with E-state index < -0.39 is 5.91 Å². The summed E-state index contributed by atoms with van der Waals surface area (Å²) in [6.45, 7) is 5.95. The molecule has 0 spiro atoms. The van der Waals surface area contributed by atoms with Crippen LogP contribution in [0.15, 0.2) is 66.4 Å². The summed E-state index contributed by atoms with van der Waals surface area (Å²) in [7, 11) is 3.14. The van der Waals surface area contributed by atoms with E-state index in [1.807, 2.05) is 57.2 Å². The van der Waals surface area contributed by atoms with Crippen molar-refractivity contribution in [3.63, 3.8) is 0 Å². The SMILES string of the molecule is COc1ccc(N2C(=O)C(Nc3cc(C)ccc3OC)=C(c3ccc(C)c(C)c3)C2=O)cc1. The Hall–Kier alpha value is -4.06. The van der Waals surface area contributed by atoms with Gasteiger partial charge in [-0.15, -0.1) is 0 Å². The summed E-state index contributed by atoms with van der Waals surface area (Å²) < 4.78 is 10.7. The number of nitrogens with one attached hydrogen (secondary N) is 1. The van der Waals surface area contributed by atoms with Crippen molar-refractivity contribution in [2.24, 2.45) is 0 Å². The highest BCUT2D eigenvalue weighted by Gasteiger charge is 2.40. The van der Waals surface area contributed by atoms with Crippen LogP contribution < -0.4 is 19.7 Å². The van der Waals surface area contributed by atoms with Crippen molar-refractivity contribution >= 4 is 28.8 Å². The van der Waals surface area contributed by atoms with E-state index in [9.17, 15) is 9.59 Å². The number of aryl methyl sites for hydroxylation is 3. The summed E-state index contributed by atoms with van der Waals surface area (Å²) in [4.78, 5) is 28.4. The van der Waals surface area contributed by atoms with E-state index in [-0.39, 0.29) is 11.6 Å². The first-order chi connectivity index (χ1) is 15.8. The van der Waals surface area contributed by atoms with Crippen molar-refractivity contribution < 1.29 is 19.1 Å². The number of methoxy groups -OCH3 is 2. The molecule has 168 valence electrons. The number of carbonyl (C=O) groups excluding carboxylic acids is 2. The fraction of sp³-hybridized carbons (Fsp3) is 0.185. The van der Waals surface area contributed by atoms with Gasteiger partial charge in [-0.05, 0) is 79.4 Å². The average molecular weight is 443 g/mol. The maximum Gasteiger partial charge on any atom is 0.282 e. The third kappa shape index (κ3) is 4.07. The molecular formula is C27H26N2O4. The number of hydrogen-bond acceptors (Lipinski definition) is 5. The molecule has 0 saturated carbocycles. The molecule has 0 radical (unpaired) electrons. The summed E-state index contributed by atoms with van der Waals surface area (Å²) in [5.74, 6) is 0.406. The second-order valence-corrected chi connectivity index (χ2v) is 8.02. The van der Waals surface area contributed by atoms with Crippen molar-refractivity contribution in [3.8, 4) is 11.5 Å². The number of rotatable bonds is 6. The van der Waals surface area contributed by atoms with E-state index in [2.05, 4.69) is 5.32 Å². The maximum absolute atomic E-state index is 13.6. The smallest absolute Gasteiger partial charge is 0.282 e. The molecule has 4 rings (SSSR count). The zero-order valence-corrected chi connectivity index (χ0v) is 19.4. The standard InChI is InChI=1S/C27H26N2O4/c1-16-6-13-23(33-5)22(14-16)28-25-24(19-8-7-17(2)18(3)15-19)26(30)29(27(25)31)20-9-11-21(32-4)12-10-20/h6-15,28H,1-5H3. The van der Waals surface area contributed by atoms with Gasteiger partial charge in [-0.3, -0.25) is 9.59 Å². The number of amides is 2. The summed E-state index contributed by atoms with van der Waals surface area (Å²) in [5, 5.41) is 3.20. The molecular weight excluding hydrogens is 416 g/mol. The van der Waals surface area contributed by atoms with Gasteiger partial charge in [-0.2, -0.15) is 0 Å². The number of carbonyl (C=O) groups is 2. The fourth-order valence-corrected chi connectivity index (χ4v) is 3.83. The summed E-state index contributed by atoms with van der Waals surface area (Å²) in [6.07, 6.45) is 0. The number of nitrogens with zero attached hydrogens (tertiary/aromatic N) is 1. The van der Waals surface area contributed by atoms with Crippen LogP contribution in [0.5, 0.6) is 11.5 Å². The lowest BCUT2D eigenvalue weighted by Gasteiger charge is -2.16. The Balaban J connectivity index is 1.85. The predicted octanol–water partition coefficient (Wildman–Crippen LogP) is 5.03. The van der Waals surface area contributed by atoms with Gasteiger partial charge in [0.25, 0.3) is 11.8 Å². The lowest BCUT2D eigenvalue weighted by molar-refractivity contribution is -0.120. The van der Waals surface area contributed by atoms with E-state index in [1.165, 1.54) is 4.90 Å². The second kappa shape index (κ2) is 8.82. The zero-order valence-electron chi connectivity index (χ0n) is 19.4. The fourth-order valence-electron chi connectivity index (χ4n) is 3.83. The highest BCUT2D eigenvalue weighted by molar-refractivity contribution is 6.46. The Kier molecular flexibility index (Phi) is 5.92. The third-order valence-corrected chi connectivity index (χ3v) is 5.82.